The van der Waals surface area contributed by atoms with Crippen molar-refractivity contribution in [3.8, 4) is 11.3 Å². The summed E-state index contributed by atoms with van der Waals surface area (Å²) in [5.74, 6) is 0.570. The highest BCUT2D eigenvalue weighted by atomic mass is 16.5. The summed E-state index contributed by atoms with van der Waals surface area (Å²) in [6.07, 6.45) is 1.88. The summed E-state index contributed by atoms with van der Waals surface area (Å²) in [6.45, 7) is 0. The summed E-state index contributed by atoms with van der Waals surface area (Å²) in [5, 5.41) is 6.50. The molecule has 2 aromatic rings. The second-order valence-corrected chi connectivity index (χ2v) is 4.77. The molecule has 1 heterocycles. The fraction of sp³-hybridized carbons (Fsp3) is 0.312. The zero-order valence-electron chi connectivity index (χ0n) is 12.4. The fourth-order valence-electron chi connectivity index (χ4n) is 1.93. The van der Waals surface area contributed by atoms with Crippen molar-refractivity contribution >= 4 is 17.7 Å². The zero-order chi connectivity index (χ0) is 15.8. The number of esters is 1. The van der Waals surface area contributed by atoms with Gasteiger partial charge in [-0.25, -0.2) is 0 Å². The largest absolute Gasteiger partial charge is 0.469 e. The van der Waals surface area contributed by atoms with Crippen molar-refractivity contribution in [1.29, 1.82) is 0 Å². The summed E-state index contributed by atoms with van der Waals surface area (Å²) in [7, 11) is 1.35. The van der Waals surface area contributed by atoms with Gasteiger partial charge in [0.25, 0.3) is 0 Å². The van der Waals surface area contributed by atoms with Gasteiger partial charge in [-0.3, -0.25) is 9.59 Å². The van der Waals surface area contributed by atoms with Crippen LogP contribution in [-0.4, -0.2) is 24.1 Å². The van der Waals surface area contributed by atoms with Gasteiger partial charge in [0.15, 0.2) is 11.6 Å². The molecule has 116 valence electrons. The molecule has 0 aliphatic carbocycles. The topological polar surface area (TPSA) is 81.4 Å². The molecule has 2 rings (SSSR count). The summed E-state index contributed by atoms with van der Waals surface area (Å²) >= 11 is 0. The van der Waals surface area contributed by atoms with Crippen LogP contribution in [0.25, 0.3) is 11.3 Å². The number of amides is 1. The van der Waals surface area contributed by atoms with E-state index in [-0.39, 0.29) is 11.9 Å². The highest BCUT2D eigenvalue weighted by Gasteiger charge is 2.09. The third kappa shape index (κ3) is 4.73. The van der Waals surface area contributed by atoms with Gasteiger partial charge >= 0.3 is 5.97 Å². The molecule has 1 amide bonds. The number of ether oxygens (including phenoxy) is 1. The Morgan fingerprint density at radius 2 is 1.91 bits per heavy atom. The standard InChI is InChI=1S/C16H18N2O4/c1-21-16(20)10-6-5-9-15(19)17-14-11-13(22-18-14)12-7-3-2-4-8-12/h2-4,7-8,11H,5-6,9-10H2,1H3,(H,17,18,19). The molecule has 0 saturated carbocycles. The van der Waals surface area contributed by atoms with Crippen molar-refractivity contribution < 1.29 is 18.8 Å². The minimum Gasteiger partial charge on any atom is -0.469 e. The Labute approximate surface area is 128 Å². The summed E-state index contributed by atoms with van der Waals surface area (Å²) < 4.78 is 9.73. The SMILES string of the molecule is COC(=O)CCCCC(=O)Nc1cc(-c2ccccc2)on1. The van der Waals surface area contributed by atoms with Crippen LogP contribution < -0.4 is 5.32 Å². The number of hydrogen-bond donors (Lipinski definition) is 1. The molecule has 0 spiro atoms. The lowest BCUT2D eigenvalue weighted by Crippen LogP contribution is -2.11. The quantitative estimate of drug-likeness (QED) is 0.628. The Morgan fingerprint density at radius 3 is 2.64 bits per heavy atom. The number of carbonyl (C=O) groups excluding carboxylic acids is 2. The maximum atomic E-state index is 11.8. The van der Waals surface area contributed by atoms with Crippen molar-refractivity contribution in [2.75, 3.05) is 12.4 Å². The molecule has 1 N–H and O–H groups in total. The van der Waals surface area contributed by atoms with E-state index in [9.17, 15) is 9.59 Å². The molecule has 0 unspecified atom stereocenters. The van der Waals surface area contributed by atoms with Crippen LogP contribution in [0.1, 0.15) is 25.7 Å². The molecule has 22 heavy (non-hydrogen) atoms. The van der Waals surface area contributed by atoms with Crippen LogP contribution in [0.4, 0.5) is 5.82 Å². The van der Waals surface area contributed by atoms with Gasteiger partial charge in [0.1, 0.15) is 0 Å². The van der Waals surface area contributed by atoms with Gasteiger partial charge in [0, 0.05) is 24.5 Å². The van der Waals surface area contributed by atoms with Crippen LogP contribution in [0.5, 0.6) is 0 Å². The maximum absolute atomic E-state index is 11.8. The summed E-state index contributed by atoms with van der Waals surface area (Å²) in [5.41, 5.74) is 0.897. The minimum absolute atomic E-state index is 0.155. The van der Waals surface area contributed by atoms with Crippen LogP contribution in [0.15, 0.2) is 40.9 Å². The first-order valence-electron chi connectivity index (χ1n) is 7.08. The molecule has 0 radical (unpaired) electrons. The normalized spacial score (nSPS) is 10.2. The van der Waals surface area contributed by atoms with Gasteiger partial charge in [0.05, 0.1) is 7.11 Å². The third-order valence-corrected chi connectivity index (χ3v) is 3.10. The molecule has 0 saturated heterocycles. The van der Waals surface area contributed by atoms with E-state index in [0.29, 0.717) is 37.3 Å². The molecule has 6 nitrogen and oxygen atoms in total. The average molecular weight is 302 g/mol. The zero-order valence-corrected chi connectivity index (χ0v) is 12.4. The first-order chi connectivity index (χ1) is 10.7. The number of anilines is 1. The molecule has 6 heteroatoms. The molecule has 1 aromatic carbocycles. The third-order valence-electron chi connectivity index (χ3n) is 3.10. The molecular weight excluding hydrogens is 284 g/mol. The van der Waals surface area contributed by atoms with Crippen LogP contribution in [0, 0.1) is 0 Å². The lowest BCUT2D eigenvalue weighted by molar-refractivity contribution is -0.140. The van der Waals surface area contributed by atoms with E-state index in [2.05, 4.69) is 15.2 Å². The van der Waals surface area contributed by atoms with Crippen molar-refractivity contribution in [1.82, 2.24) is 5.16 Å². The summed E-state index contributed by atoms with van der Waals surface area (Å²) in [6, 6.07) is 11.2. The number of nitrogens with one attached hydrogen (secondary N) is 1. The van der Waals surface area contributed by atoms with Gasteiger partial charge < -0.3 is 14.6 Å². The highest BCUT2D eigenvalue weighted by molar-refractivity contribution is 5.90. The predicted molar refractivity (Wildman–Crippen MR) is 81.1 cm³/mol. The molecule has 1 aromatic heterocycles. The van der Waals surface area contributed by atoms with Crippen molar-refractivity contribution in [3.63, 3.8) is 0 Å². The van der Waals surface area contributed by atoms with Gasteiger partial charge in [-0.2, -0.15) is 0 Å². The predicted octanol–water partition coefficient (Wildman–Crippen LogP) is 3.01. The van der Waals surface area contributed by atoms with E-state index in [1.165, 1.54) is 7.11 Å². The van der Waals surface area contributed by atoms with Crippen LogP contribution >= 0.6 is 0 Å². The van der Waals surface area contributed by atoms with Gasteiger partial charge in [-0.15, -0.1) is 0 Å². The van der Waals surface area contributed by atoms with Gasteiger partial charge in [-0.05, 0) is 12.8 Å². The van der Waals surface area contributed by atoms with Crippen LogP contribution in [0.2, 0.25) is 0 Å². The van der Waals surface area contributed by atoms with E-state index in [4.69, 9.17) is 4.52 Å². The number of aromatic nitrogens is 1. The monoisotopic (exact) mass is 302 g/mol. The molecule has 0 bridgehead atoms. The second-order valence-electron chi connectivity index (χ2n) is 4.77. The smallest absolute Gasteiger partial charge is 0.305 e. The van der Waals surface area contributed by atoms with Crippen molar-refractivity contribution in [2.24, 2.45) is 0 Å². The number of rotatable bonds is 7. The maximum Gasteiger partial charge on any atom is 0.305 e. The van der Waals surface area contributed by atoms with Crippen LogP contribution in [-0.2, 0) is 14.3 Å². The number of unbranched alkanes of at least 4 members (excludes halogenated alkanes) is 1. The van der Waals surface area contributed by atoms with E-state index < -0.39 is 0 Å². The fourth-order valence-corrected chi connectivity index (χ4v) is 1.93. The second kappa shape index (κ2) is 7.97. The van der Waals surface area contributed by atoms with Gasteiger partial charge in [-0.1, -0.05) is 35.5 Å². The molecular formula is C16H18N2O4. The number of carbonyl (C=O) groups is 2. The lowest BCUT2D eigenvalue weighted by atomic mass is 10.2. The Hall–Kier alpha value is -2.63. The minimum atomic E-state index is -0.260. The Balaban J connectivity index is 1.78. The highest BCUT2D eigenvalue weighted by Crippen LogP contribution is 2.22. The lowest BCUT2D eigenvalue weighted by Gasteiger charge is -2.01. The van der Waals surface area contributed by atoms with E-state index in [0.717, 1.165) is 5.56 Å². The Morgan fingerprint density at radius 1 is 1.18 bits per heavy atom. The molecule has 0 fully saturated rings. The molecule has 0 aliphatic rings. The van der Waals surface area contributed by atoms with Crippen molar-refractivity contribution in [2.45, 2.75) is 25.7 Å². The summed E-state index contributed by atoms with van der Waals surface area (Å²) in [4.78, 5) is 22.7. The number of hydrogen-bond acceptors (Lipinski definition) is 5. The average Bonchev–Trinajstić information content (AvgIpc) is 3.00. The number of nitrogens with zero attached hydrogens (tertiary/aromatic N) is 1. The first kappa shape index (κ1) is 15.8. The Kier molecular flexibility index (Phi) is 5.71. The first-order valence-corrected chi connectivity index (χ1v) is 7.08. The number of methoxy groups -OCH3 is 1. The molecule has 0 atom stereocenters. The van der Waals surface area contributed by atoms with E-state index in [1.54, 1.807) is 6.07 Å². The number of benzene rings is 1. The van der Waals surface area contributed by atoms with Gasteiger partial charge in [0.2, 0.25) is 5.91 Å². The van der Waals surface area contributed by atoms with Crippen LogP contribution in [0.3, 0.4) is 0 Å². The molecule has 0 aliphatic heterocycles. The van der Waals surface area contributed by atoms with E-state index in [1.807, 2.05) is 30.3 Å². The Bertz CT molecular complexity index is 622. The van der Waals surface area contributed by atoms with E-state index >= 15 is 0 Å². The van der Waals surface area contributed by atoms with Crippen molar-refractivity contribution in [3.05, 3.63) is 36.4 Å².